The zero-order valence-electron chi connectivity index (χ0n) is 9.84. The van der Waals surface area contributed by atoms with E-state index in [4.69, 9.17) is 5.84 Å². The van der Waals surface area contributed by atoms with E-state index in [2.05, 4.69) is 5.32 Å². The summed E-state index contributed by atoms with van der Waals surface area (Å²) < 4.78 is 0. The second kappa shape index (κ2) is 4.23. The highest BCUT2D eigenvalue weighted by Gasteiger charge is 2.48. The van der Waals surface area contributed by atoms with E-state index in [0.29, 0.717) is 10.6 Å². The van der Waals surface area contributed by atoms with Crippen molar-refractivity contribution in [2.24, 2.45) is 5.84 Å². The van der Waals surface area contributed by atoms with Crippen molar-refractivity contribution in [2.75, 3.05) is 0 Å². The molecule has 0 saturated carbocycles. The van der Waals surface area contributed by atoms with E-state index in [9.17, 15) is 14.4 Å². The number of hydrogen-bond acceptors (Lipinski definition) is 4. The molecular formula is C12H13N3O3. The van der Waals surface area contributed by atoms with Crippen LogP contribution in [0.15, 0.2) is 30.3 Å². The first-order valence-electron chi connectivity index (χ1n) is 5.44. The lowest BCUT2D eigenvalue weighted by Crippen LogP contribution is -2.53. The number of carbonyl (C=O) groups is 3. The summed E-state index contributed by atoms with van der Waals surface area (Å²) in [6, 6.07) is 8.47. The minimum Gasteiger partial charge on any atom is -0.337 e. The molecule has 1 aliphatic rings. The normalized spacial score (nSPS) is 23.3. The Bertz CT molecular complexity index is 515. The lowest BCUT2D eigenvalue weighted by molar-refractivity contribution is -0.140. The van der Waals surface area contributed by atoms with Gasteiger partial charge in [0.25, 0.3) is 11.8 Å². The average molecular weight is 247 g/mol. The molecule has 0 spiro atoms. The molecule has 1 aliphatic heterocycles. The molecule has 2 rings (SSSR count). The zero-order chi connectivity index (χ0) is 13.3. The van der Waals surface area contributed by atoms with E-state index in [1.807, 2.05) is 0 Å². The Hall–Kier alpha value is -2.21. The lowest BCUT2D eigenvalue weighted by Gasteiger charge is -2.22. The summed E-state index contributed by atoms with van der Waals surface area (Å²) in [6.07, 6.45) is -0.124. The first kappa shape index (κ1) is 12.3. The quantitative estimate of drug-likeness (QED) is 0.430. The minimum absolute atomic E-state index is 0.124. The van der Waals surface area contributed by atoms with Gasteiger partial charge in [0.05, 0.1) is 6.42 Å². The maximum atomic E-state index is 11.9. The number of carbonyl (C=O) groups excluding carboxylic acids is 3. The predicted molar refractivity (Wildman–Crippen MR) is 63.0 cm³/mol. The third kappa shape index (κ3) is 1.98. The Kier molecular flexibility index (Phi) is 2.88. The largest absolute Gasteiger partial charge is 0.337 e. The molecule has 1 atom stereocenters. The van der Waals surface area contributed by atoms with Gasteiger partial charge in [-0.05, 0) is 19.1 Å². The molecule has 6 nitrogen and oxygen atoms in total. The first-order valence-corrected chi connectivity index (χ1v) is 5.44. The summed E-state index contributed by atoms with van der Waals surface area (Å²) in [5.41, 5.74) is -0.840. The van der Waals surface area contributed by atoms with E-state index in [1.165, 1.54) is 6.92 Å². The third-order valence-corrected chi connectivity index (χ3v) is 2.89. The summed E-state index contributed by atoms with van der Waals surface area (Å²) in [7, 11) is 0. The van der Waals surface area contributed by atoms with Gasteiger partial charge in [-0.2, -0.15) is 0 Å². The lowest BCUT2D eigenvalue weighted by atomic mass is 10.00. The van der Waals surface area contributed by atoms with Gasteiger partial charge in [-0.3, -0.25) is 14.4 Å². The minimum atomic E-state index is -1.27. The van der Waals surface area contributed by atoms with Crippen LogP contribution in [0.2, 0.25) is 0 Å². The highest BCUT2D eigenvalue weighted by molar-refractivity contribution is 6.10. The topological polar surface area (TPSA) is 92.5 Å². The van der Waals surface area contributed by atoms with Crippen molar-refractivity contribution in [3.63, 3.8) is 0 Å². The van der Waals surface area contributed by atoms with Crippen molar-refractivity contribution < 1.29 is 14.4 Å². The number of nitrogens with zero attached hydrogens (tertiary/aromatic N) is 1. The van der Waals surface area contributed by atoms with Crippen LogP contribution in [0, 0.1) is 0 Å². The van der Waals surface area contributed by atoms with Gasteiger partial charge in [-0.15, -0.1) is 0 Å². The fourth-order valence-electron chi connectivity index (χ4n) is 1.85. The van der Waals surface area contributed by atoms with E-state index >= 15 is 0 Å². The molecule has 1 aromatic rings. The van der Waals surface area contributed by atoms with Crippen LogP contribution in [-0.4, -0.2) is 28.3 Å². The molecule has 1 fully saturated rings. The molecule has 0 unspecified atom stereocenters. The maximum Gasteiger partial charge on any atom is 0.269 e. The van der Waals surface area contributed by atoms with Crippen molar-refractivity contribution in [3.05, 3.63) is 35.9 Å². The van der Waals surface area contributed by atoms with Crippen LogP contribution in [0.25, 0.3) is 0 Å². The van der Waals surface area contributed by atoms with Crippen molar-refractivity contribution >= 4 is 17.7 Å². The molecule has 0 bridgehead atoms. The second-order valence-electron chi connectivity index (χ2n) is 4.40. The molecule has 1 aromatic carbocycles. The van der Waals surface area contributed by atoms with Gasteiger partial charge < -0.3 is 5.32 Å². The predicted octanol–water partition coefficient (Wildman–Crippen LogP) is -0.192. The van der Waals surface area contributed by atoms with Gasteiger partial charge in [-0.25, -0.2) is 10.9 Å². The van der Waals surface area contributed by atoms with Crippen molar-refractivity contribution in [1.29, 1.82) is 0 Å². The van der Waals surface area contributed by atoms with Crippen LogP contribution >= 0.6 is 0 Å². The van der Waals surface area contributed by atoms with Crippen molar-refractivity contribution in [2.45, 2.75) is 18.9 Å². The van der Waals surface area contributed by atoms with E-state index < -0.39 is 23.3 Å². The van der Waals surface area contributed by atoms with Crippen LogP contribution in [0.1, 0.15) is 23.7 Å². The molecule has 0 aliphatic carbocycles. The summed E-state index contributed by atoms with van der Waals surface area (Å²) in [6.45, 7) is 1.49. The number of rotatable bonds is 2. The summed E-state index contributed by atoms with van der Waals surface area (Å²) in [5.74, 6) is 3.78. The molecule has 3 amide bonds. The molecule has 0 radical (unpaired) electrons. The Morgan fingerprint density at radius 3 is 2.44 bits per heavy atom. The number of imide groups is 1. The SMILES string of the molecule is C[C@]1(NC(=O)c2ccccc2)CC(=O)N(N)C1=O. The van der Waals surface area contributed by atoms with Gasteiger partial charge >= 0.3 is 0 Å². The average Bonchev–Trinajstić information content (AvgIpc) is 2.54. The van der Waals surface area contributed by atoms with Crippen LogP contribution in [-0.2, 0) is 9.59 Å². The molecule has 1 heterocycles. The molecule has 1 saturated heterocycles. The van der Waals surface area contributed by atoms with Gasteiger partial charge in [0.15, 0.2) is 0 Å². The smallest absolute Gasteiger partial charge is 0.269 e. The van der Waals surface area contributed by atoms with Gasteiger partial charge in [-0.1, -0.05) is 18.2 Å². The molecule has 0 aromatic heterocycles. The third-order valence-electron chi connectivity index (χ3n) is 2.89. The number of hydrogen-bond donors (Lipinski definition) is 2. The van der Waals surface area contributed by atoms with Gasteiger partial charge in [0, 0.05) is 5.56 Å². The Balaban J connectivity index is 2.17. The molecule has 6 heteroatoms. The second-order valence-corrected chi connectivity index (χ2v) is 4.40. The van der Waals surface area contributed by atoms with Crippen LogP contribution in [0.5, 0.6) is 0 Å². The number of nitrogens with one attached hydrogen (secondary N) is 1. The standard InChI is InChI=1S/C12H13N3O3/c1-12(7-9(16)15(13)11(12)18)14-10(17)8-5-3-2-4-6-8/h2-6H,7,13H2,1H3,(H,14,17)/t12-/m0/s1. The van der Waals surface area contributed by atoms with Crippen molar-refractivity contribution in [1.82, 2.24) is 10.3 Å². The first-order chi connectivity index (χ1) is 8.44. The van der Waals surface area contributed by atoms with Crippen LogP contribution in [0.4, 0.5) is 0 Å². The number of amides is 3. The Morgan fingerprint density at radius 1 is 1.33 bits per heavy atom. The molecule has 94 valence electrons. The number of nitrogens with two attached hydrogens (primary N) is 1. The van der Waals surface area contributed by atoms with E-state index in [0.717, 1.165) is 0 Å². The molecule has 3 N–H and O–H groups in total. The fraction of sp³-hybridized carbons (Fsp3) is 0.250. The van der Waals surface area contributed by atoms with Gasteiger partial charge in [0.2, 0.25) is 5.91 Å². The highest BCUT2D eigenvalue weighted by Crippen LogP contribution is 2.21. The monoisotopic (exact) mass is 247 g/mol. The van der Waals surface area contributed by atoms with Crippen molar-refractivity contribution in [3.8, 4) is 0 Å². The van der Waals surface area contributed by atoms with E-state index in [-0.39, 0.29) is 6.42 Å². The summed E-state index contributed by atoms with van der Waals surface area (Å²) in [4.78, 5) is 35.0. The number of benzene rings is 1. The van der Waals surface area contributed by atoms with Crippen LogP contribution in [0.3, 0.4) is 0 Å². The molecular weight excluding hydrogens is 234 g/mol. The summed E-state index contributed by atoms with van der Waals surface area (Å²) >= 11 is 0. The Labute approximate surface area is 104 Å². The summed E-state index contributed by atoms with van der Waals surface area (Å²) in [5, 5.41) is 3.10. The maximum absolute atomic E-state index is 11.9. The van der Waals surface area contributed by atoms with E-state index in [1.54, 1.807) is 30.3 Å². The fourth-order valence-corrected chi connectivity index (χ4v) is 1.85. The number of hydrazine groups is 1. The van der Waals surface area contributed by atoms with Gasteiger partial charge in [0.1, 0.15) is 5.54 Å². The molecule has 18 heavy (non-hydrogen) atoms. The Morgan fingerprint density at radius 2 is 1.94 bits per heavy atom. The zero-order valence-corrected chi connectivity index (χ0v) is 9.84. The van der Waals surface area contributed by atoms with Crippen LogP contribution < -0.4 is 11.2 Å². The highest BCUT2D eigenvalue weighted by atomic mass is 16.2.